The van der Waals surface area contributed by atoms with E-state index in [-0.39, 0.29) is 6.03 Å². The van der Waals surface area contributed by atoms with Crippen molar-refractivity contribution in [1.82, 2.24) is 24.1 Å². The van der Waals surface area contributed by atoms with Crippen LogP contribution in [-0.4, -0.2) is 63.9 Å². The van der Waals surface area contributed by atoms with Crippen molar-refractivity contribution in [1.29, 1.82) is 0 Å². The molecule has 2 aromatic heterocycles. The second kappa shape index (κ2) is 7.67. The van der Waals surface area contributed by atoms with Gasteiger partial charge in [0.15, 0.2) is 5.82 Å². The Bertz CT molecular complexity index is 972. The summed E-state index contributed by atoms with van der Waals surface area (Å²) in [6.45, 7) is 3.21. The number of aromatic nitrogens is 3. The summed E-state index contributed by atoms with van der Waals surface area (Å²) in [5.41, 5.74) is 2.57. The first kappa shape index (κ1) is 18.6. The fourth-order valence-electron chi connectivity index (χ4n) is 3.94. The van der Waals surface area contributed by atoms with Crippen LogP contribution in [0.2, 0.25) is 0 Å². The number of urea groups is 1. The normalized spacial score (nSPS) is 17.0. The summed E-state index contributed by atoms with van der Waals surface area (Å²) in [6, 6.07) is 10.3. The average Bonchev–Trinajstić information content (AvgIpc) is 3.39. The second-order valence-corrected chi connectivity index (χ2v) is 7.84. The SMILES string of the molecule is CN(C)CCn1ccc(NC(=O)N2CCC(c3cn(C)c4ccccc34)C2)n1. The quantitative estimate of drug-likeness (QED) is 0.740. The van der Waals surface area contributed by atoms with Gasteiger partial charge in [-0.3, -0.25) is 10.00 Å². The molecule has 7 nitrogen and oxygen atoms in total. The third-order valence-electron chi connectivity index (χ3n) is 5.50. The monoisotopic (exact) mass is 380 g/mol. The molecule has 1 aromatic carbocycles. The topological polar surface area (TPSA) is 58.3 Å². The molecule has 1 aliphatic heterocycles. The fourth-order valence-corrected chi connectivity index (χ4v) is 3.94. The number of nitrogens with one attached hydrogen (secondary N) is 1. The highest BCUT2D eigenvalue weighted by atomic mass is 16.2. The Kier molecular flexibility index (Phi) is 5.09. The van der Waals surface area contributed by atoms with Gasteiger partial charge in [0.05, 0.1) is 6.54 Å². The van der Waals surface area contributed by atoms with Gasteiger partial charge in [-0.15, -0.1) is 0 Å². The highest BCUT2D eigenvalue weighted by Gasteiger charge is 2.29. The fraction of sp³-hybridized carbons (Fsp3) is 0.429. The molecule has 3 heterocycles. The summed E-state index contributed by atoms with van der Waals surface area (Å²) in [7, 11) is 6.15. The Hall–Kier alpha value is -2.80. The standard InChI is InChI=1S/C21H28N6O/c1-24(2)12-13-27-11-9-20(23-27)22-21(28)26-10-8-16(14-26)18-15-25(3)19-7-5-4-6-17(18)19/h4-7,9,11,15-16H,8,10,12-14H2,1-3H3,(H,22,23,28). The number of carbonyl (C=O) groups is 1. The molecule has 0 spiro atoms. The van der Waals surface area contributed by atoms with Gasteiger partial charge in [-0.25, -0.2) is 4.79 Å². The van der Waals surface area contributed by atoms with E-state index in [4.69, 9.17) is 0 Å². The van der Waals surface area contributed by atoms with E-state index in [1.165, 1.54) is 16.5 Å². The number of fused-ring (bicyclic) bond motifs is 1. The van der Waals surface area contributed by atoms with Crippen molar-refractivity contribution in [3.05, 3.63) is 48.3 Å². The smallest absolute Gasteiger partial charge is 0.323 e. The van der Waals surface area contributed by atoms with E-state index in [2.05, 4.69) is 57.4 Å². The molecular weight excluding hydrogens is 352 g/mol. The van der Waals surface area contributed by atoms with Gasteiger partial charge in [-0.1, -0.05) is 18.2 Å². The summed E-state index contributed by atoms with van der Waals surface area (Å²) in [4.78, 5) is 16.7. The second-order valence-electron chi connectivity index (χ2n) is 7.84. The maximum absolute atomic E-state index is 12.7. The Balaban J connectivity index is 1.39. The number of aryl methyl sites for hydroxylation is 1. The molecule has 0 aliphatic carbocycles. The zero-order valence-electron chi connectivity index (χ0n) is 16.8. The number of hydrogen-bond donors (Lipinski definition) is 1. The first-order valence-electron chi connectivity index (χ1n) is 9.79. The van der Waals surface area contributed by atoms with Crippen molar-refractivity contribution in [3.63, 3.8) is 0 Å². The number of likely N-dealkylation sites (N-methyl/N-ethyl adjacent to an activating group) is 1. The number of benzene rings is 1. The molecule has 28 heavy (non-hydrogen) atoms. The molecule has 148 valence electrons. The summed E-state index contributed by atoms with van der Waals surface area (Å²) >= 11 is 0. The van der Waals surface area contributed by atoms with Crippen molar-refractivity contribution in [2.24, 2.45) is 7.05 Å². The molecule has 1 unspecified atom stereocenters. The van der Waals surface area contributed by atoms with Gasteiger partial charge in [0.25, 0.3) is 0 Å². The third kappa shape index (κ3) is 3.75. The lowest BCUT2D eigenvalue weighted by atomic mass is 9.98. The van der Waals surface area contributed by atoms with Crippen molar-refractivity contribution in [2.45, 2.75) is 18.9 Å². The Morgan fingerprint density at radius 1 is 1.29 bits per heavy atom. The molecule has 7 heteroatoms. The van der Waals surface area contributed by atoms with Gasteiger partial charge in [0.2, 0.25) is 0 Å². The number of likely N-dealkylation sites (tertiary alicyclic amines) is 1. The van der Waals surface area contributed by atoms with E-state index >= 15 is 0 Å². The zero-order chi connectivity index (χ0) is 19.7. The first-order valence-corrected chi connectivity index (χ1v) is 9.79. The molecule has 1 fully saturated rings. The van der Waals surface area contributed by atoms with Crippen LogP contribution in [0.1, 0.15) is 17.9 Å². The van der Waals surface area contributed by atoms with E-state index < -0.39 is 0 Å². The van der Waals surface area contributed by atoms with Gasteiger partial charge in [-0.05, 0) is 32.1 Å². The van der Waals surface area contributed by atoms with E-state index in [9.17, 15) is 4.79 Å². The van der Waals surface area contributed by atoms with Gasteiger partial charge < -0.3 is 14.4 Å². The lowest BCUT2D eigenvalue weighted by molar-refractivity contribution is 0.222. The highest BCUT2D eigenvalue weighted by Crippen LogP contribution is 2.33. The molecule has 3 aromatic rings. The van der Waals surface area contributed by atoms with E-state index in [0.717, 1.165) is 32.6 Å². The maximum atomic E-state index is 12.7. The van der Waals surface area contributed by atoms with Crippen LogP contribution in [0.3, 0.4) is 0 Å². The zero-order valence-corrected chi connectivity index (χ0v) is 16.8. The van der Waals surface area contributed by atoms with Gasteiger partial charge in [0, 0.05) is 62.0 Å². The summed E-state index contributed by atoms with van der Waals surface area (Å²) in [5, 5.41) is 8.67. The van der Waals surface area contributed by atoms with Crippen molar-refractivity contribution in [3.8, 4) is 0 Å². The van der Waals surface area contributed by atoms with Gasteiger partial charge in [-0.2, -0.15) is 5.10 Å². The summed E-state index contributed by atoms with van der Waals surface area (Å²) in [5.74, 6) is 0.979. The minimum atomic E-state index is -0.0689. The Morgan fingerprint density at radius 3 is 2.93 bits per heavy atom. The Labute approximate surface area is 165 Å². The van der Waals surface area contributed by atoms with E-state index in [1.807, 2.05) is 35.9 Å². The molecule has 1 aliphatic rings. The predicted molar refractivity (Wildman–Crippen MR) is 112 cm³/mol. The number of hydrogen-bond acceptors (Lipinski definition) is 3. The van der Waals surface area contributed by atoms with Crippen LogP contribution in [0.4, 0.5) is 10.6 Å². The van der Waals surface area contributed by atoms with Crippen molar-refractivity contribution >= 4 is 22.8 Å². The van der Waals surface area contributed by atoms with E-state index in [0.29, 0.717) is 11.7 Å². The lowest BCUT2D eigenvalue weighted by Crippen LogP contribution is -2.33. The molecule has 4 rings (SSSR count). The average molecular weight is 380 g/mol. The minimum absolute atomic E-state index is 0.0689. The minimum Gasteiger partial charge on any atom is -0.350 e. The predicted octanol–water partition coefficient (Wildman–Crippen LogP) is 2.96. The molecular formula is C21H28N6O. The first-order chi connectivity index (χ1) is 13.5. The van der Waals surface area contributed by atoms with Crippen LogP contribution < -0.4 is 5.32 Å². The van der Waals surface area contributed by atoms with E-state index in [1.54, 1.807) is 0 Å². The van der Waals surface area contributed by atoms with Gasteiger partial charge in [0.1, 0.15) is 0 Å². The number of carbonyl (C=O) groups excluding carboxylic acids is 1. The molecule has 1 saturated heterocycles. The Morgan fingerprint density at radius 2 is 2.11 bits per heavy atom. The van der Waals surface area contributed by atoms with Crippen LogP contribution in [0.5, 0.6) is 0 Å². The van der Waals surface area contributed by atoms with Crippen LogP contribution in [0.15, 0.2) is 42.7 Å². The largest absolute Gasteiger partial charge is 0.350 e. The van der Waals surface area contributed by atoms with Crippen LogP contribution in [0.25, 0.3) is 10.9 Å². The number of rotatable bonds is 5. The van der Waals surface area contributed by atoms with Crippen LogP contribution in [-0.2, 0) is 13.6 Å². The number of anilines is 1. The molecule has 2 amide bonds. The van der Waals surface area contributed by atoms with Crippen molar-refractivity contribution < 1.29 is 4.79 Å². The third-order valence-corrected chi connectivity index (χ3v) is 5.50. The summed E-state index contributed by atoms with van der Waals surface area (Å²) < 4.78 is 4.03. The number of nitrogens with zero attached hydrogens (tertiary/aromatic N) is 5. The highest BCUT2D eigenvalue weighted by molar-refractivity contribution is 5.89. The summed E-state index contributed by atoms with van der Waals surface area (Å²) in [6.07, 6.45) is 5.10. The molecule has 1 N–H and O–H groups in total. The van der Waals surface area contributed by atoms with Gasteiger partial charge >= 0.3 is 6.03 Å². The van der Waals surface area contributed by atoms with Crippen LogP contribution >= 0.6 is 0 Å². The maximum Gasteiger partial charge on any atom is 0.323 e. The number of amides is 2. The molecule has 0 radical (unpaired) electrons. The number of para-hydroxylation sites is 1. The lowest BCUT2D eigenvalue weighted by Gasteiger charge is -2.16. The molecule has 0 bridgehead atoms. The molecule has 0 saturated carbocycles. The van der Waals surface area contributed by atoms with Crippen molar-refractivity contribution in [2.75, 3.05) is 39.0 Å². The molecule has 1 atom stereocenters. The van der Waals surface area contributed by atoms with Crippen LogP contribution in [0, 0.1) is 0 Å².